The molecule has 3 N–H and O–H groups in total. The Balaban J connectivity index is 1.52. The molecule has 9 nitrogen and oxygen atoms in total. The monoisotopic (exact) mass is 558 g/mol. The number of nitrogens with zero attached hydrogens (tertiary/aromatic N) is 1. The lowest BCUT2D eigenvalue weighted by molar-refractivity contribution is -0.137. The van der Waals surface area contributed by atoms with Crippen molar-refractivity contribution >= 4 is 57.9 Å². The van der Waals surface area contributed by atoms with Crippen LogP contribution in [0.5, 0.6) is 0 Å². The number of carbonyl (C=O) groups is 4. The average Bonchev–Trinajstić information content (AvgIpc) is 3.61. The van der Waals surface area contributed by atoms with Gasteiger partial charge in [-0.05, 0) is 43.2 Å². The second-order valence-corrected chi connectivity index (χ2v) is 10.2. The van der Waals surface area contributed by atoms with Gasteiger partial charge >= 0.3 is 6.18 Å². The lowest BCUT2D eigenvalue weighted by atomic mass is 10.1. The van der Waals surface area contributed by atoms with Crippen molar-refractivity contribution in [3.63, 3.8) is 0 Å². The number of hydrogen-bond donors (Lipinski definition) is 3. The zero-order chi connectivity index (χ0) is 26.7. The SMILES string of the molecule is O=C(NC[C@@H](NC(=O)C1CC1)C(=O)Nc1ccc(N2CCOCC2=O)cc1C(F)(F)F)c1ccc(Cl)s1. The van der Waals surface area contributed by atoms with Gasteiger partial charge < -0.3 is 25.6 Å². The molecule has 1 saturated heterocycles. The minimum atomic E-state index is -4.85. The fraction of sp³-hybridized carbons (Fsp3) is 0.391. The number of halogens is 4. The Morgan fingerprint density at radius 3 is 2.57 bits per heavy atom. The van der Waals surface area contributed by atoms with Crippen LogP contribution >= 0.6 is 22.9 Å². The lowest BCUT2D eigenvalue weighted by Gasteiger charge is -2.28. The number of thiophene rings is 1. The van der Waals surface area contributed by atoms with Crippen molar-refractivity contribution < 1.29 is 37.1 Å². The molecule has 1 aromatic carbocycles. The molecule has 198 valence electrons. The van der Waals surface area contributed by atoms with Crippen molar-refractivity contribution in [2.45, 2.75) is 25.1 Å². The summed E-state index contributed by atoms with van der Waals surface area (Å²) in [5.41, 5.74) is -1.70. The first-order chi connectivity index (χ1) is 17.5. The van der Waals surface area contributed by atoms with E-state index in [0.29, 0.717) is 17.2 Å². The molecule has 0 radical (unpaired) electrons. The molecule has 0 spiro atoms. The van der Waals surface area contributed by atoms with E-state index in [9.17, 15) is 32.3 Å². The summed E-state index contributed by atoms with van der Waals surface area (Å²) in [6, 6.07) is 4.77. The van der Waals surface area contributed by atoms with E-state index in [4.69, 9.17) is 16.3 Å². The van der Waals surface area contributed by atoms with E-state index >= 15 is 0 Å². The third-order valence-electron chi connectivity index (χ3n) is 5.71. The van der Waals surface area contributed by atoms with E-state index < -0.39 is 47.1 Å². The van der Waals surface area contributed by atoms with Gasteiger partial charge in [0.05, 0.1) is 27.1 Å². The van der Waals surface area contributed by atoms with Crippen LogP contribution in [0.2, 0.25) is 4.34 Å². The van der Waals surface area contributed by atoms with Crippen molar-refractivity contribution in [1.29, 1.82) is 0 Å². The summed E-state index contributed by atoms with van der Waals surface area (Å²) >= 11 is 6.85. The van der Waals surface area contributed by atoms with E-state index in [1.54, 1.807) is 0 Å². The Labute approximate surface area is 218 Å². The molecule has 4 amide bonds. The molecule has 0 unspecified atom stereocenters. The molecular weight excluding hydrogens is 537 g/mol. The van der Waals surface area contributed by atoms with Gasteiger partial charge in [-0.3, -0.25) is 19.2 Å². The fourth-order valence-electron chi connectivity index (χ4n) is 3.62. The summed E-state index contributed by atoms with van der Waals surface area (Å²) in [4.78, 5) is 51.2. The van der Waals surface area contributed by atoms with Gasteiger partial charge in [-0.2, -0.15) is 13.2 Å². The number of benzene rings is 1. The van der Waals surface area contributed by atoms with Gasteiger partial charge in [0.25, 0.3) is 11.8 Å². The van der Waals surface area contributed by atoms with Crippen molar-refractivity contribution in [1.82, 2.24) is 10.6 Å². The standard InChI is InChI=1S/C23H22ClF3N4O5S/c24-18-6-5-17(37-18)22(35)28-10-16(30-20(33)12-1-2-12)21(34)29-15-4-3-13(9-14(15)23(25,26)27)31-7-8-36-11-19(31)32/h3-6,9,12,16H,1-2,7-8,10-11H2,(H,28,35)(H,29,34)(H,30,33)/t16-/m1/s1. The Hall–Kier alpha value is -3.16. The van der Waals surface area contributed by atoms with Crippen LogP contribution in [0.3, 0.4) is 0 Å². The summed E-state index contributed by atoms with van der Waals surface area (Å²) < 4.78 is 47.1. The van der Waals surface area contributed by atoms with Gasteiger partial charge in [-0.1, -0.05) is 11.6 Å². The lowest BCUT2D eigenvalue weighted by Crippen LogP contribution is -2.51. The summed E-state index contributed by atoms with van der Waals surface area (Å²) in [6.45, 7) is -0.338. The second kappa shape index (κ2) is 11.1. The highest BCUT2D eigenvalue weighted by atomic mass is 35.5. The van der Waals surface area contributed by atoms with Crippen molar-refractivity contribution in [2.75, 3.05) is 36.5 Å². The van der Waals surface area contributed by atoms with Crippen LogP contribution in [0.4, 0.5) is 24.5 Å². The molecule has 1 aromatic heterocycles. The molecule has 2 aromatic rings. The maximum atomic E-state index is 13.9. The molecule has 2 aliphatic rings. The first-order valence-electron chi connectivity index (χ1n) is 11.3. The number of nitrogens with one attached hydrogen (secondary N) is 3. The highest BCUT2D eigenvalue weighted by Gasteiger charge is 2.37. The van der Waals surface area contributed by atoms with Crippen LogP contribution < -0.4 is 20.9 Å². The highest BCUT2D eigenvalue weighted by molar-refractivity contribution is 7.18. The van der Waals surface area contributed by atoms with Gasteiger partial charge in [0.15, 0.2) is 0 Å². The minimum absolute atomic E-state index is 0.0130. The second-order valence-electron chi connectivity index (χ2n) is 8.46. The molecule has 1 aliphatic heterocycles. The van der Waals surface area contributed by atoms with Crippen molar-refractivity contribution in [3.8, 4) is 0 Å². The molecule has 1 aliphatic carbocycles. The molecule has 1 saturated carbocycles. The van der Waals surface area contributed by atoms with Crippen LogP contribution in [0.15, 0.2) is 30.3 Å². The summed E-state index contributed by atoms with van der Waals surface area (Å²) in [6.07, 6.45) is -3.58. The molecule has 14 heteroatoms. The van der Waals surface area contributed by atoms with Crippen LogP contribution in [0.1, 0.15) is 28.1 Å². The zero-order valence-corrected chi connectivity index (χ0v) is 20.8. The number of alkyl halides is 3. The van der Waals surface area contributed by atoms with E-state index in [1.807, 2.05) is 0 Å². The molecule has 4 rings (SSSR count). The van der Waals surface area contributed by atoms with Gasteiger partial charge in [0.2, 0.25) is 11.8 Å². The van der Waals surface area contributed by atoms with Gasteiger partial charge in [-0.25, -0.2) is 0 Å². The normalized spacial score (nSPS) is 16.8. The van der Waals surface area contributed by atoms with E-state index in [1.165, 1.54) is 23.1 Å². The zero-order valence-electron chi connectivity index (χ0n) is 19.2. The average molecular weight is 559 g/mol. The van der Waals surface area contributed by atoms with Crippen molar-refractivity contribution in [2.24, 2.45) is 5.92 Å². The van der Waals surface area contributed by atoms with Gasteiger partial charge in [-0.15, -0.1) is 11.3 Å². The Morgan fingerprint density at radius 2 is 1.95 bits per heavy atom. The Morgan fingerprint density at radius 1 is 1.19 bits per heavy atom. The number of rotatable bonds is 8. The molecule has 1 atom stereocenters. The largest absolute Gasteiger partial charge is 0.418 e. The number of amides is 4. The van der Waals surface area contributed by atoms with Gasteiger partial charge in [0, 0.05) is 24.7 Å². The topological polar surface area (TPSA) is 117 Å². The Bertz CT molecular complexity index is 1220. The summed E-state index contributed by atoms with van der Waals surface area (Å²) in [7, 11) is 0. The first kappa shape index (κ1) is 26.9. The van der Waals surface area contributed by atoms with Crippen LogP contribution in [0, 0.1) is 5.92 Å². The molecule has 2 heterocycles. The van der Waals surface area contributed by atoms with Gasteiger partial charge in [0.1, 0.15) is 12.6 Å². The minimum Gasteiger partial charge on any atom is -0.370 e. The summed E-state index contributed by atoms with van der Waals surface area (Å²) in [5, 5.41) is 7.23. The number of anilines is 2. The van der Waals surface area contributed by atoms with Crippen LogP contribution in [-0.4, -0.2) is 56.0 Å². The Kier molecular flexibility index (Phi) is 8.05. The predicted molar refractivity (Wildman–Crippen MR) is 130 cm³/mol. The third-order valence-corrected chi connectivity index (χ3v) is 6.94. The quantitative estimate of drug-likeness (QED) is 0.460. The van der Waals surface area contributed by atoms with Crippen LogP contribution in [0.25, 0.3) is 0 Å². The molecule has 0 bridgehead atoms. The van der Waals surface area contributed by atoms with Crippen LogP contribution in [-0.2, 0) is 25.3 Å². The number of hydrogen-bond acceptors (Lipinski definition) is 6. The third kappa shape index (κ3) is 6.79. The number of ether oxygens (including phenoxy) is 1. The fourth-order valence-corrected chi connectivity index (χ4v) is 4.58. The van der Waals surface area contributed by atoms with Crippen molar-refractivity contribution in [3.05, 3.63) is 45.1 Å². The smallest absolute Gasteiger partial charge is 0.370 e. The number of morpholine rings is 1. The van der Waals surface area contributed by atoms with E-state index in [-0.39, 0.29) is 42.8 Å². The molecule has 37 heavy (non-hydrogen) atoms. The molecule has 2 fully saturated rings. The maximum absolute atomic E-state index is 13.9. The first-order valence-corrected chi connectivity index (χ1v) is 12.5. The number of carbonyl (C=O) groups excluding carboxylic acids is 4. The molecular formula is C23H22ClF3N4O5S. The van der Waals surface area contributed by atoms with E-state index in [0.717, 1.165) is 23.5 Å². The predicted octanol–water partition coefficient (Wildman–Crippen LogP) is 3.05. The van der Waals surface area contributed by atoms with E-state index in [2.05, 4.69) is 16.0 Å². The summed E-state index contributed by atoms with van der Waals surface area (Å²) in [5.74, 6) is -2.68. The highest BCUT2D eigenvalue weighted by Crippen LogP contribution is 2.38. The maximum Gasteiger partial charge on any atom is 0.418 e.